The molecule has 1 fully saturated rings. The second kappa shape index (κ2) is 4.49. The van der Waals surface area contributed by atoms with Gasteiger partial charge in [-0.3, -0.25) is 9.59 Å². The van der Waals surface area contributed by atoms with Gasteiger partial charge < -0.3 is 4.74 Å². The topological polar surface area (TPSA) is 43.4 Å². The predicted molar refractivity (Wildman–Crippen MR) is 64.1 cm³/mol. The summed E-state index contributed by atoms with van der Waals surface area (Å²) < 4.78 is 4.95. The molecule has 17 heavy (non-hydrogen) atoms. The molecule has 1 aliphatic carbocycles. The summed E-state index contributed by atoms with van der Waals surface area (Å²) in [6, 6.07) is 6.58. The van der Waals surface area contributed by atoms with Crippen molar-refractivity contribution in [3.8, 4) is 0 Å². The van der Waals surface area contributed by atoms with Crippen LogP contribution in [0.4, 0.5) is 0 Å². The summed E-state index contributed by atoms with van der Waals surface area (Å²) >= 11 is 5.76. The van der Waals surface area contributed by atoms with E-state index >= 15 is 0 Å². The highest BCUT2D eigenvalue weighted by atomic mass is 35.5. The molecule has 0 aromatic heterocycles. The lowest BCUT2D eigenvalue weighted by Gasteiger charge is -2.12. The van der Waals surface area contributed by atoms with Crippen LogP contribution in [0.25, 0.3) is 0 Å². The number of carbonyl (C=O) groups is 2. The van der Waals surface area contributed by atoms with E-state index in [4.69, 9.17) is 16.3 Å². The zero-order valence-electron chi connectivity index (χ0n) is 9.53. The van der Waals surface area contributed by atoms with Gasteiger partial charge >= 0.3 is 5.97 Å². The van der Waals surface area contributed by atoms with Crippen LogP contribution in [0.2, 0.25) is 5.02 Å². The minimum absolute atomic E-state index is 0.160. The van der Waals surface area contributed by atoms with E-state index in [2.05, 4.69) is 0 Å². The van der Waals surface area contributed by atoms with Gasteiger partial charge in [-0.2, -0.15) is 0 Å². The van der Waals surface area contributed by atoms with Crippen molar-refractivity contribution < 1.29 is 14.3 Å². The molecular weight excluding hydrogens is 240 g/mol. The number of rotatable bonds is 4. The van der Waals surface area contributed by atoms with Crippen LogP contribution in [0.3, 0.4) is 0 Å². The highest BCUT2D eigenvalue weighted by Gasteiger charge is 2.57. The van der Waals surface area contributed by atoms with Gasteiger partial charge in [0.2, 0.25) is 0 Å². The summed E-state index contributed by atoms with van der Waals surface area (Å²) in [5.74, 6) is -0.562. The number of ether oxygens (including phenoxy) is 1. The number of benzene rings is 1. The fourth-order valence-corrected chi connectivity index (χ4v) is 1.92. The summed E-state index contributed by atoms with van der Waals surface area (Å²) in [6.07, 6.45) is 1.15. The van der Waals surface area contributed by atoms with Gasteiger partial charge in [-0.25, -0.2) is 0 Å². The smallest absolute Gasteiger partial charge is 0.320 e. The van der Waals surface area contributed by atoms with Crippen LogP contribution in [-0.4, -0.2) is 18.4 Å². The first kappa shape index (κ1) is 12.1. The van der Waals surface area contributed by atoms with Crippen molar-refractivity contribution in [3.63, 3.8) is 0 Å². The van der Waals surface area contributed by atoms with Crippen molar-refractivity contribution in [2.75, 3.05) is 6.61 Å². The summed E-state index contributed by atoms with van der Waals surface area (Å²) in [4.78, 5) is 24.0. The summed E-state index contributed by atoms with van der Waals surface area (Å²) in [5, 5.41) is 0.572. The standard InChI is InChI=1S/C13H13ClO3/c1-2-17-12(16)13(7-8-13)11(15)9-3-5-10(14)6-4-9/h3-6H,2,7-8H2,1H3. The Morgan fingerprint density at radius 3 is 2.35 bits per heavy atom. The van der Waals surface area contributed by atoms with Crippen molar-refractivity contribution in [1.82, 2.24) is 0 Å². The molecule has 90 valence electrons. The zero-order chi connectivity index (χ0) is 12.5. The number of halogens is 1. The number of esters is 1. The van der Waals surface area contributed by atoms with Gasteiger partial charge in [-0.05, 0) is 44.0 Å². The number of hydrogen-bond acceptors (Lipinski definition) is 3. The molecule has 0 heterocycles. The van der Waals surface area contributed by atoms with Gasteiger partial charge in [0.05, 0.1) is 6.61 Å². The lowest BCUT2D eigenvalue weighted by molar-refractivity contribution is -0.147. The molecule has 0 unspecified atom stereocenters. The van der Waals surface area contributed by atoms with E-state index in [1.54, 1.807) is 31.2 Å². The average molecular weight is 253 g/mol. The van der Waals surface area contributed by atoms with Crippen molar-refractivity contribution in [2.45, 2.75) is 19.8 Å². The fourth-order valence-electron chi connectivity index (χ4n) is 1.80. The van der Waals surface area contributed by atoms with Crippen LogP contribution in [0, 0.1) is 5.41 Å². The summed E-state index contributed by atoms with van der Waals surface area (Å²) in [6.45, 7) is 2.04. The zero-order valence-corrected chi connectivity index (χ0v) is 10.3. The highest BCUT2D eigenvalue weighted by molar-refractivity contribution is 6.30. The second-order valence-electron chi connectivity index (χ2n) is 4.14. The monoisotopic (exact) mass is 252 g/mol. The maximum atomic E-state index is 12.2. The van der Waals surface area contributed by atoms with E-state index in [1.165, 1.54) is 0 Å². The Bertz CT molecular complexity index is 446. The number of ketones is 1. The largest absolute Gasteiger partial charge is 0.465 e. The third-order valence-electron chi connectivity index (χ3n) is 2.96. The molecule has 1 aromatic rings. The molecule has 1 aliphatic rings. The Morgan fingerprint density at radius 1 is 1.29 bits per heavy atom. The summed E-state index contributed by atoms with van der Waals surface area (Å²) in [5.41, 5.74) is -0.413. The molecule has 1 aromatic carbocycles. The molecule has 0 spiro atoms. The lowest BCUT2D eigenvalue weighted by Crippen LogP contribution is -2.28. The van der Waals surface area contributed by atoms with E-state index in [0.717, 1.165) is 0 Å². The van der Waals surface area contributed by atoms with E-state index in [9.17, 15) is 9.59 Å². The summed E-state index contributed by atoms with van der Waals surface area (Å²) in [7, 11) is 0. The third-order valence-corrected chi connectivity index (χ3v) is 3.21. The van der Waals surface area contributed by atoms with Crippen LogP contribution in [0.15, 0.2) is 24.3 Å². The average Bonchev–Trinajstić information content (AvgIpc) is 3.11. The number of carbonyl (C=O) groups excluding carboxylic acids is 2. The molecule has 0 radical (unpaired) electrons. The van der Waals surface area contributed by atoms with E-state index in [1.807, 2.05) is 0 Å². The highest BCUT2D eigenvalue weighted by Crippen LogP contribution is 2.49. The number of hydrogen-bond donors (Lipinski definition) is 0. The van der Waals surface area contributed by atoms with Gasteiger partial charge in [-0.15, -0.1) is 0 Å². The van der Waals surface area contributed by atoms with Crippen molar-refractivity contribution in [3.05, 3.63) is 34.9 Å². The Hall–Kier alpha value is -1.35. The lowest BCUT2D eigenvalue weighted by atomic mass is 9.95. The Labute approximate surface area is 105 Å². The normalized spacial score (nSPS) is 16.4. The van der Waals surface area contributed by atoms with Crippen molar-refractivity contribution >= 4 is 23.4 Å². The third kappa shape index (κ3) is 2.20. The number of Topliss-reactive ketones (excluding diaryl/α,β-unsaturated/α-hetero) is 1. The molecule has 0 atom stereocenters. The molecular formula is C13H13ClO3. The maximum absolute atomic E-state index is 12.2. The van der Waals surface area contributed by atoms with Crippen molar-refractivity contribution in [2.24, 2.45) is 5.41 Å². The molecule has 1 saturated carbocycles. The quantitative estimate of drug-likeness (QED) is 0.470. The first-order chi connectivity index (χ1) is 8.10. The molecule has 2 rings (SSSR count). The first-order valence-electron chi connectivity index (χ1n) is 5.58. The minimum atomic E-state index is -0.927. The molecule has 0 saturated heterocycles. The molecule has 3 nitrogen and oxygen atoms in total. The molecule has 0 amide bonds. The van der Waals surface area contributed by atoms with Gasteiger partial charge in [0.25, 0.3) is 0 Å². The molecule has 0 aliphatic heterocycles. The van der Waals surface area contributed by atoms with Crippen LogP contribution in [0.5, 0.6) is 0 Å². The van der Waals surface area contributed by atoms with Crippen LogP contribution in [0.1, 0.15) is 30.1 Å². The first-order valence-corrected chi connectivity index (χ1v) is 5.95. The minimum Gasteiger partial charge on any atom is -0.465 e. The van der Waals surface area contributed by atoms with E-state index in [0.29, 0.717) is 30.0 Å². The van der Waals surface area contributed by atoms with Gasteiger partial charge in [0.1, 0.15) is 5.41 Å². The van der Waals surface area contributed by atoms with E-state index in [-0.39, 0.29) is 5.78 Å². The Kier molecular flexibility index (Phi) is 3.20. The van der Waals surface area contributed by atoms with Crippen molar-refractivity contribution in [1.29, 1.82) is 0 Å². The van der Waals surface area contributed by atoms with Crippen LogP contribution >= 0.6 is 11.6 Å². The molecule has 4 heteroatoms. The fraction of sp³-hybridized carbons (Fsp3) is 0.385. The second-order valence-corrected chi connectivity index (χ2v) is 4.58. The van der Waals surface area contributed by atoms with E-state index < -0.39 is 11.4 Å². The Balaban J connectivity index is 2.20. The maximum Gasteiger partial charge on any atom is 0.320 e. The van der Waals surface area contributed by atoms with Crippen LogP contribution < -0.4 is 0 Å². The van der Waals surface area contributed by atoms with Gasteiger partial charge in [0, 0.05) is 10.6 Å². The SMILES string of the molecule is CCOC(=O)C1(C(=O)c2ccc(Cl)cc2)CC1. The molecule has 0 N–H and O–H groups in total. The molecule has 0 bridgehead atoms. The van der Waals surface area contributed by atoms with Crippen LogP contribution in [-0.2, 0) is 9.53 Å². The van der Waals surface area contributed by atoms with Gasteiger partial charge in [0.15, 0.2) is 5.78 Å². The predicted octanol–water partition coefficient (Wildman–Crippen LogP) is 2.87. The Morgan fingerprint density at radius 2 is 1.88 bits per heavy atom. The van der Waals surface area contributed by atoms with Gasteiger partial charge in [-0.1, -0.05) is 11.6 Å².